The first-order valence-corrected chi connectivity index (χ1v) is 12.4. The van der Waals surface area contributed by atoms with Crippen molar-refractivity contribution in [3.8, 4) is 23.0 Å². The van der Waals surface area contributed by atoms with E-state index in [4.69, 9.17) is 24.4 Å². The Morgan fingerprint density at radius 2 is 1.75 bits per heavy atom. The van der Waals surface area contributed by atoms with Crippen LogP contribution in [-0.2, 0) is 4.79 Å². The van der Waals surface area contributed by atoms with Crippen molar-refractivity contribution in [2.24, 2.45) is 16.0 Å². The minimum atomic E-state index is -0.465. The van der Waals surface area contributed by atoms with Crippen LogP contribution in [-0.4, -0.2) is 53.9 Å². The van der Waals surface area contributed by atoms with E-state index >= 15 is 0 Å². The highest BCUT2D eigenvalue weighted by Crippen LogP contribution is 2.33. The number of carbonyl (C=O) groups is 1. The fraction of sp³-hybridized carbons (Fsp3) is 0.308. The van der Waals surface area contributed by atoms with Gasteiger partial charge in [-0.3, -0.25) is 10.2 Å². The lowest BCUT2D eigenvalue weighted by molar-refractivity contribution is -0.114. The summed E-state index contributed by atoms with van der Waals surface area (Å²) in [7, 11) is 1.62. The number of carbonyl (C=O) groups excluding carboxylic acids is 1. The summed E-state index contributed by atoms with van der Waals surface area (Å²) in [5.74, 6) is 2.30. The molecule has 9 nitrogen and oxygen atoms in total. The van der Waals surface area contributed by atoms with Gasteiger partial charge >= 0.3 is 0 Å². The maximum atomic E-state index is 12.7. The van der Waals surface area contributed by atoms with E-state index in [1.54, 1.807) is 31.4 Å². The number of amidine groups is 2. The van der Waals surface area contributed by atoms with Gasteiger partial charge in [0.1, 0.15) is 29.8 Å². The molecule has 0 aromatic heterocycles. The van der Waals surface area contributed by atoms with Crippen molar-refractivity contribution >= 4 is 39.8 Å². The number of thioether (sulfide) groups is 1. The highest BCUT2D eigenvalue weighted by molar-refractivity contribution is 8.27. The largest absolute Gasteiger partial charge is 0.497 e. The van der Waals surface area contributed by atoms with E-state index in [-0.39, 0.29) is 17.3 Å². The van der Waals surface area contributed by atoms with Crippen LogP contribution in [0.2, 0.25) is 0 Å². The molecule has 0 atom stereocenters. The van der Waals surface area contributed by atoms with Gasteiger partial charge in [0.25, 0.3) is 5.91 Å². The van der Waals surface area contributed by atoms with Gasteiger partial charge < -0.3 is 18.9 Å². The van der Waals surface area contributed by atoms with Gasteiger partial charge in [0.2, 0.25) is 5.17 Å². The molecular weight excluding hydrogens is 480 g/mol. The minimum Gasteiger partial charge on any atom is -0.497 e. The van der Waals surface area contributed by atoms with Crippen LogP contribution in [0.1, 0.15) is 26.3 Å². The number of nitrogens with one attached hydrogen (secondary N) is 1. The number of rotatable bonds is 10. The second-order valence-electron chi connectivity index (χ2n) is 8.12. The molecule has 2 aromatic rings. The van der Waals surface area contributed by atoms with Crippen LogP contribution >= 0.6 is 11.8 Å². The molecule has 36 heavy (non-hydrogen) atoms. The number of hydrazone groups is 1. The number of fused-ring (bicyclic) bond motifs is 1. The Morgan fingerprint density at radius 3 is 2.44 bits per heavy atom. The van der Waals surface area contributed by atoms with Crippen LogP contribution < -0.4 is 18.9 Å². The first-order chi connectivity index (χ1) is 17.4. The molecular formula is C26H28N4O5S. The molecule has 1 amide bonds. The number of hydrogen-bond acceptors (Lipinski definition) is 8. The van der Waals surface area contributed by atoms with Gasteiger partial charge in [0.15, 0.2) is 17.3 Å². The monoisotopic (exact) mass is 508 g/mol. The molecule has 0 unspecified atom stereocenters. The van der Waals surface area contributed by atoms with Crippen LogP contribution in [0.25, 0.3) is 6.08 Å². The highest BCUT2D eigenvalue weighted by Gasteiger charge is 2.36. The molecule has 0 saturated heterocycles. The number of methoxy groups -OCH3 is 1. The third-order valence-electron chi connectivity index (χ3n) is 5.21. The summed E-state index contributed by atoms with van der Waals surface area (Å²) >= 11 is 1.32. The molecule has 0 spiro atoms. The molecule has 2 aliphatic heterocycles. The first-order valence-electron chi connectivity index (χ1n) is 11.6. The van der Waals surface area contributed by atoms with Crippen molar-refractivity contribution in [1.29, 1.82) is 5.41 Å². The number of hydrogen-bond donors (Lipinski definition) is 1. The lowest BCUT2D eigenvalue weighted by Crippen LogP contribution is -2.35. The van der Waals surface area contributed by atoms with Crippen molar-refractivity contribution < 1.29 is 23.7 Å². The van der Waals surface area contributed by atoms with Crippen molar-refractivity contribution in [2.75, 3.05) is 26.9 Å². The lowest BCUT2D eigenvalue weighted by Gasteiger charge is -2.20. The Morgan fingerprint density at radius 1 is 1.03 bits per heavy atom. The fourth-order valence-corrected chi connectivity index (χ4v) is 4.28. The van der Waals surface area contributed by atoms with Crippen LogP contribution in [0.3, 0.4) is 0 Å². The average molecular weight is 509 g/mol. The van der Waals surface area contributed by atoms with Crippen LogP contribution in [0.15, 0.2) is 58.1 Å². The third-order valence-corrected chi connectivity index (χ3v) is 6.42. The van der Waals surface area contributed by atoms with E-state index in [9.17, 15) is 4.79 Å². The smallest absolute Gasteiger partial charge is 0.283 e. The van der Waals surface area contributed by atoms with Gasteiger partial charge in [-0.15, -0.1) is 0 Å². The predicted molar refractivity (Wildman–Crippen MR) is 141 cm³/mol. The van der Waals surface area contributed by atoms with Crippen molar-refractivity contribution in [3.63, 3.8) is 0 Å². The molecule has 10 heteroatoms. The molecule has 0 radical (unpaired) electrons. The Balaban J connectivity index is 1.44. The Bertz CT molecular complexity index is 1240. The van der Waals surface area contributed by atoms with E-state index in [1.165, 1.54) is 16.8 Å². The molecule has 2 heterocycles. The normalized spacial score (nSPS) is 16.1. The minimum absolute atomic E-state index is 0.00196. The van der Waals surface area contributed by atoms with Gasteiger partial charge in [0.05, 0.1) is 19.3 Å². The first kappa shape index (κ1) is 25.3. The maximum Gasteiger partial charge on any atom is 0.283 e. The molecule has 0 saturated carbocycles. The molecule has 0 fully saturated rings. The van der Waals surface area contributed by atoms with Gasteiger partial charge in [-0.2, -0.15) is 15.1 Å². The average Bonchev–Trinajstić information content (AvgIpc) is 3.30. The summed E-state index contributed by atoms with van der Waals surface area (Å²) in [4.78, 5) is 16.8. The standard InChI is InChI=1S/C26H28N4O5S/c1-5-33-22-15-17(6-11-21(22)35-13-12-34-19-9-7-18(32-4)8-10-19)14-20-23(27)30-26(28-24(20)31)36-25(29-30)16(2)3/h6-11,14-16,27H,5,12-13H2,1-4H3. The van der Waals surface area contributed by atoms with Gasteiger partial charge in [-0.1, -0.05) is 19.9 Å². The molecule has 188 valence electrons. The zero-order valence-electron chi connectivity index (χ0n) is 20.6. The predicted octanol–water partition coefficient (Wildman–Crippen LogP) is 4.83. The summed E-state index contributed by atoms with van der Waals surface area (Å²) < 4.78 is 22.5. The third kappa shape index (κ3) is 5.71. The Labute approximate surface area is 214 Å². The van der Waals surface area contributed by atoms with Crippen molar-refractivity contribution in [1.82, 2.24) is 5.01 Å². The van der Waals surface area contributed by atoms with Crippen LogP contribution in [0.4, 0.5) is 0 Å². The molecule has 0 bridgehead atoms. The number of benzene rings is 2. The van der Waals surface area contributed by atoms with E-state index < -0.39 is 5.91 Å². The summed E-state index contributed by atoms with van der Waals surface area (Å²) in [6.07, 6.45) is 1.62. The van der Waals surface area contributed by atoms with E-state index in [0.29, 0.717) is 42.1 Å². The Kier molecular flexibility index (Phi) is 7.94. The summed E-state index contributed by atoms with van der Waals surface area (Å²) in [5.41, 5.74) is 0.851. The number of aliphatic imine (C=N–C) groups is 1. The van der Waals surface area contributed by atoms with Gasteiger partial charge in [0, 0.05) is 5.92 Å². The zero-order chi connectivity index (χ0) is 25.7. The quantitative estimate of drug-likeness (QED) is 0.362. The maximum absolute atomic E-state index is 12.7. The summed E-state index contributed by atoms with van der Waals surface area (Å²) in [6, 6.07) is 12.7. The lowest BCUT2D eigenvalue weighted by atomic mass is 10.1. The SMILES string of the molecule is CCOc1cc(C=C2C(=N)N3N=C(C(C)C)SC3=NC2=O)ccc1OCCOc1ccc(OC)cc1. The molecule has 4 rings (SSSR count). The van der Waals surface area contributed by atoms with Gasteiger partial charge in [-0.05, 0) is 66.7 Å². The van der Waals surface area contributed by atoms with E-state index in [1.807, 2.05) is 45.0 Å². The van der Waals surface area contributed by atoms with Crippen molar-refractivity contribution in [2.45, 2.75) is 20.8 Å². The van der Waals surface area contributed by atoms with Crippen molar-refractivity contribution in [3.05, 3.63) is 53.6 Å². The fourth-order valence-electron chi connectivity index (χ4n) is 3.39. The van der Waals surface area contributed by atoms with Crippen LogP contribution in [0, 0.1) is 11.3 Å². The molecule has 0 aliphatic carbocycles. The second-order valence-corrected chi connectivity index (χ2v) is 9.11. The summed E-state index contributed by atoms with van der Waals surface area (Å²) in [5, 5.41) is 15.6. The van der Waals surface area contributed by atoms with Crippen LogP contribution in [0.5, 0.6) is 23.0 Å². The molecule has 1 N–H and O–H groups in total. The van der Waals surface area contributed by atoms with Gasteiger partial charge in [-0.25, -0.2) is 0 Å². The number of amides is 1. The number of nitrogens with zero attached hydrogens (tertiary/aromatic N) is 3. The number of ether oxygens (including phenoxy) is 4. The van der Waals surface area contributed by atoms with E-state index in [0.717, 1.165) is 16.5 Å². The highest BCUT2D eigenvalue weighted by atomic mass is 32.2. The van der Waals surface area contributed by atoms with E-state index in [2.05, 4.69) is 10.1 Å². The zero-order valence-corrected chi connectivity index (χ0v) is 21.4. The molecule has 2 aliphatic rings. The Hall–Kier alpha value is -3.79. The topological polar surface area (TPSA) is 106 Å². The second kappa shape index (κ2) is 11.3. The summed E-state index contributed by atoms with van der Waals surface area (Å²) in [6.45, 7) is 7.01. The molecule has 2 aromatic carbocycles.